The van der Waals surface area contributed by atoms with Gasteiger partial charge in [0.05, 0.1) is 17.2 Å². The van der Waals surface area contributed by atoms with Crippen molar-refractivity contribution >= 4 is 35.0 Å². The highest BCUT2D eigenvalue weighted by Gasteiger charge is 2.35. The van der Waals surface area contributed by atoms with Gasteiger partial charge in [0.2, 0.25) is 0 Å². The number of halogens is 4. The monoisotopic (exact) mass is 476 g/mol. The predicted molar refractivity (Wildman–Crippen MR) is 115 cm³/mol. The third-order valence-corrected chi connectivity index (χ3v) is 5.05. The van der Waals surface area contributed by atoms with E-state index >= 15 is 0 Å². The Morgan fingerprint density at radius 1 is 1.23 bits per heavy atom. The van der Waals surface area contributed by atoms with E-state index in [0.717, 1.165) is 11.0 Å². The Kier molecular flexibility index (Phi) is 8.88. The average molecular weight is 477 g/mol. The van der Waals surface area contributed by atoms with E-state index in [9.17, 15) is 13.2 Å². The lowest BCUT2D eigenvalue weighted by Crippen LogP contribution is -2.35. The lowest BCUT2D eigenvalue weighted by atomic mass is 9.98. The van der Waals surface area contributed by atoms with Crippen LogP contribution in [0.15, 0.2) is 56.6 Å². The minimum absolute atomic E-state index is 0.00493. The van der Waals surface area contributed by atoms with E-state index in [0.29, 0.717) is 5.75 Å². The molecule has 0 fully saturated rings. The average Bonchev–Trinajstić information content (AvgIpc) is 2.71. The quantitative estimate of drug-likeness (QED) is 0.0681. The first-order valence-electron chi connectivity index (χ1n) is 8.62. The number of nitrogens with one attached hydrogen (secondary N) is 2. The number of nitrogens with zero attached hydrogens (tertiary/aromatic N) is 3. The van der Waals surface area contributed by atoms with E-state index in [4.69, 9.17) is 34.1 Å². The number of aliphatic hydroxyl groups is 1. The zero-order valence-corrected chi connectivity index (χ0v) is 17.5. The molecule has 0 aliphatic heterocycles. The van der Waals surface area contributed by atoms with Gasteiger partial charge in [-0.15, -0.1) is 11.8 Å². The number of thioether (sulfide) groups is 1. The molecule has 1 atom stereocenters. The molecule has 0 saturated carbocycles. The summed E-state index contributed by atoms with van der Waals surface area (Å²) in [6.45, 7) is -0.00493. The number of aliphatic imine (C=N–C) groups is 1. The van der Waals surface area contributed by atoms with Crippen LogP contribution < -0.4 is 28.2 Å². The van der Waals surface area contributed by atoms with Crippen LogP contribution in [0.3, 0.4) is 0 Å². The summed E-state index contributed by atoms with van der Waals surface area (Å²) in [6.07, 6.45) is -5.91. The normalized spacial score (nSPS) is 13.5. The summed E-state index contributed by atoms with van der Waals surface area (Å²) in [5.74, 6) is 10.3. The first-order valence-corrected chi connectivity index (χ1v) is 9.98. The van der Waals surface area contributed by atoms with Gasteiger partial charge >= 0.3 is 6.18 Å². The van der Waals surface area contributed by atoms with Crippen molar-refractivity contribution in [1.82, 2.24) is 5.43 Å². The number of guanidine groups is 1. The van der Waals surface area contributed by atoms with Crippen molar-refractivity contribution in [2.45, 2.75) is 17.4 Å². The molecule has 168 valence electrons. The van der Waals surface area contributed by atoms with Gasteiger partial charge in [-0.05, 0) is 29.8 Å². The number of hydrogen-bond donors (Lipinski definition) is 6. The standard InChI is InChI=1S/C17H20ClF3N8OS/c18-13-8-10(25-15(22)26-16(27-23)28-29-24)7-12(17(19,20)21)14(13)9-1-3-11(4-2-9)31-6-5-30/h1-4,7-8,15,25,30H,5-6,22-23H2,(H3,24,26,27,28). The van der Waals surface area contributed by atoms with Crippen LogP contribution in [0, 0.1) is 0 Å². The van der Waals surface area contributed by atoms with E-state index < -0.39 is 18.0 Å². The van der Waals surface area contributed by atoms with Crippen LogP contribution in [0.25, 0.3) is 11.1 Å². The molecule has 2 rings (SSSR count). The van der Waals surface area contributed by atoms with Crippen LogP contribution >= 0.6 is 23.4 Å². The molecule has 2 aromatic carbocycles. The Hall–Kier alpha value is -2.58. The molecule has 0 bridgehead atoms. The zero-order chi connectivity index (χ0) is 23.0. The Morgan fingerprint density at radius 3 is 2.45 bits per heavy atom. The van der Waals surface area contributed by atoms with E-state index in [2.05, 4.69) is 26.1 Å². The fourth-order valence-electron chi connectivity index (χ4n) is 2.57. The second kappa shape index (κ2) is 11.2. The number of anilines is 1. The highest BCUT2D eigenvalue weighted by Crippen LogP contribution is 2.43. The van der Waals surface area contributed by atoms with Gasteiger partial charge in [-0.2, -0.15) is 13.2 Å². The molecule has 0 aliphatic carbocycles. The third kappa shape index (κ3) is 6.97. The summed E-state index contributed by atoms with van der Waals surface area (Å²) in [6, 6.07) is 8.58. The summed E-state index contributed by atoms with van der Waals surface area (Å²) in [7, 11) is 0. The number of hydrogen-bond acceptors (Lipinski definition) is 7. The smallest absolute Gasteiger partial charge is 0.396 e. The number of nitrogens with two attached hydrogens (primary N) is 3. The number of alkyl halides is 3. The number of rotatable bonds is 7. The molecule has 1 unspecified atom stereocenters. The Labute approximate surface area is 184 Å². The SMILES string of the molecule is NN=NC(=NC(N)Nc1cc(Cl)c(-c2ccc(SCCO)cc2)c(C(F)(F)F)c1)NN. The first kappa shape index (κ1) is 24.7. The zero-order valence-electron chi connectivity index (χ0n) is 15.9. The summed E-state index contributed by atoms with van der Waals surface area (Å²) in [5.41, 5.74) is 6.98. The Balaban J connectivity index is 2.41. The second-order valence-corrected chi connectivity index (χ2v) is 7.45. The van der Waals surface area contributed by atoms with Gasteiger partial charge in [0.1, 0.15) is 0 Å². The molecule has 0 amide bonds. The van der Waals surface area contributed by atoms with Gasteiger partial charge in [0.15, 0.2) is 6.29 Å². The number of hydrazine groups is 1. The third-order valence-electron chi connectivity index (χ3n) is 3.76. The van der Waals surface area contributed by atoms with Crippen molar-refractivity contribution in [2.24, 2.45) is 32.7 Å². The second-order valence-electron chi connectivity index (χ2n) is 5.88. The molecule has 0 saturated heterocycles. The molecule has 9 nitrogen and oxygen atoms in total. The van der Waals surface area contributed by atoms with Crippen LogP contribution in [0.2, 0.25) is 5.02 Å². The Morgan fingerprint density at radius 2 is 1.90 bits per heavy atom. The minimum atomic E-state index is -4.69. The summed E-state index contributed by atoms with van der Waals surface area (Å²) in [4.78, 5) is 4.59. The molecule has 0 spiro atoms. The number of benzene rings is 2. The lowest BCUT2D eigenvalue weighted by molar-refractivity contribution is -0.137. The molecule has 0 radical (unpaired) electrons. The summed E-state index contributed by atoms with van der Waals surface area (Å²) in [5, 5.41) is 17.7. The highest BCUT2D eigenvalue weighted by atomic mass is 35.5. The molecule has 31 heavy (non-hydrogen) atoms. The Bertz CT molecular complexity index is 940. The van der Waals surface area contributed by atoms with Crippen molar-refractivity contribution in [3.05, 3.63) is 47.0 Å². The minimum Gasteiger partial charge on any atom is -0.396 e. The molecule has 9 N–H and O–H groups in total. The molecule has 2 aromatic rings. The number of aliphatic hydroxyl groups excluding tert-OH is 1. The highest BCUT2D eigenvalue weighted by molar-refractivity contribution is 7.99. The maximum absolute atomic E-state index is 13.8. The van der Waals surface area contributed by atoms with Crippen molar-refractivity contribution in [1.29, 1.82) is 0 Å². The maximum Gasteiger partial charge on any atom is 0.417 e. The molecule has 0 aromatic heterocycles. The fraction of sp³-hybridized carbons (Fsp3) is 0.235. The van der Waals surface area contributed by atoms with E-state index in [1.54, 1.807) is 12.1 Å². The van der Waals surface area contributed by atoms with Crippen molar-refractivity contribution in [3.63, 3.8) is 0 Å². The topological polar surface area (TPSA) is 159 Å². The van der Waals surface area contributed by atoms with Crippen molar-refractivity contribution in [2.75, 3.05) is 17.7 Å². The van der Waals surface area contributed by atoms with Crippen LogP contribution in [-0.4, -0.2) is 29.7 Å². The molecule has 0 aliphatic rings. The van der Waals surface area contributed by atoms with Crippen molar-refractivity contribution in [3.8, 4) is 11.1 Å². The van der Waals surface area contributed by atoms with Crippen molar-refractivity contribution < 1.29 is 18.3 Å². The van der Waals surface area contributed by atoms with Gasteiger partial charge in [-0.25, -0.2) is 10.8 Å². The van der Waals surface area contributed by atoms with Crippen LogP contribution in [0.1, 0.15) is 5.56 Å². The van der Waals surface area contributed by atoms with Gasteiger partial charge in [-0.3, -0.25) is 11.2 Å². The lowest BCUT2D eigenvalue weighted by Gasteiger charge is -2.19. The van der Waals surface area contributed by atoms with E-state index in [-0.39, 0.29) is 34.4 Å². The summed E-state index contributed by atoms with van der Waals surface area (Å²) >= 11 is 7.61. The van der Waals surface area contributed by atoms with Gasteiger partial charge in [0, 0.05) is 21.9 Å². The van der Waals surface area contributed by atoms with Gasteiger partial charge < -0.3 is 16.3 Å². The molecular formula is C17H20ClF3N8OS. The maximum atomic E-state index is 13.8. The summed E-state index contributed by atoms with van der Waals surface area (Å²) < 4.78 is 41.4. The molecule has 14 heteroatoms. The van der Waals surface area contributed by atoms with E-state index in [1.807, 2.05) is 0 Å². The molecular weight excluding hydrogens is 457 g/mol. The van der Waals surface area contributed by atoms with E-state index in [1.165, 1.54) is 30.0 Å². The first-order chi connectivity index (χ1) is 14.7. The van der Waals surface area contributed by atoms with Crippen LogP contribution in [-0.2, 0) is 6.18 Å². The largest absolute Gasteiger partial charge is 0.417 e. The fourth-order valence-corrected chi connectivity index (χ4v) is 3.55. The van der Waals surface area contributed by atoms with Crippen LogP contribution in [0.4, 0.5) is 18.9 Å². The molecule has 0 heterocycles. The van der Waals surface area contributed by atoms with Gasteiger partial charge in [0.25, 0.3) is 5.96 Å². The van der Waals surface area contributed by atoms with Gasteiger partial charge in [-0.1, -0.05) is 34.1 Å². The predicted octanol–water partition coefficient (Wildman–Crippen LogP) is 2.91. The van der Waals surface area contributed by atoms with Crippen LogP contribution in [0.5, 0.6) is 0 Å².